The van der Waals surface area contributed by atoms with Gasteiger partial charge in [0, 0.05) is 0 Å². The largest absolute Gasteiger partial charge is 0.463 e. The van der Waals surface area contributed by atoms with Crippen molar-refractivity contribution in [3.8, 4) is 0 Å². The van der Waals surface area contributed by atoms with E-state index in [4.69, 9.17) is 9.47 Å². The van der Waals surface area contributed by atoms with E-state index in [1.807, 2.05) is 0 Å². The van der Waals surface area contributed by atoms with Gasteiger partial charge in [0.25, 0.3) is 0 Å². The fraction of sp³-hybridized carbons (Fsp3) is 0.786. The first kappa shape index (κ1) is 14.2. The van der Waals surface area contributed by atoms with Gasteiger partial charge in [-0.25, -0.2) is 4.79 Å². The number of hydrogen-bond acceptors (Lipinski definition) is 3. The molecule has 3 nitrogen and oxygen atoms in total. The normalized spacial score (nSPS) is 28.8. The van der Waals surface area contributed by atoms with Crippen molar-refractivity contribution < 1.29 is 14.3 Å². The molecule has 1 saturated carbocycles. The van der Waals surface area contributed by atoms with Gasteiger partial charge in [0.15, 0.2) is 0 Å². The van der Waals surface area contributed by atoms with Crippen molar-refractivity contribution in [2.24, 2.45) is 11.8 Å². The molecule has 0 heterocycles. The van der Waals surface area contributed by atoms with Crippen LogP contribution in [0.15, 0.2) is 12.2 Å². The van der Waals surface area contributed by atoms with Crippen molar-refractivity contribution in [3.05, 3.63) is 12.2 Å². The first-order chi connectivity index (χ1) is 8.02. The molecule has 98 valence electrons. The van der Waals surface area contributed by atoms with Gasteiger partial charge in [-0.2, -0.15) is 0 Å². The molecule has 17 heavy (non-hydrogen) atoms. The Hall–Kier alpha value is -0.830. The summed E-state index contributed by atoms with van der Waals surface area (Å²) in [6, 6.07) is 0. The minimum atomic E-state index is -0.343. The Morgan fingerprint density at radius 2 is 1.82 bits per heavy atom. The average molecular weight is 240 g/mol. The van der Waals surface area contributed by atoms with E-state index < -0.39 is 0 Å². The fourth-order valence-electron chi connectivity index (χ4n) is 2.52. The average Bonchev–Trinajstić information content (AvgIpc) is 2.25. The van der Waals surface area contributed by atoms with Crippen LogP contribution < -0.4 is 0 Å². The van der Waals surface area contributed by atoms with Gasteiger partial charge in [-0.05, 0) is 38.0 Å². The minimum Gasteiger partial charge on any atom is -0.463 e. The highest BCUT2D eigenvalue weighted by Gasteiger charge is 2.24. The van der Waals surface area contributed by atoms with Gasteiger partial charge >= 0.3 is 5.97 Å². The summed E-state index contributed by atoms with van der Waals surface area (Å²) >= 11 is 0. The lowest BCUT2D eigenvalue weighted by Gasteiger charge is -2.31. The summed E-state index contributed by atoms with van der Waals surface area (Å²) in [6.07, 6.45) is 3.71. The third kappa shape index (κ3) is 4.90. The summed E-state index contributed by atoms with van der Waals surface area (Å²) in [5, 5.41) is 0. The predicted molar refractivity (Wildman–Crippen MR) is 67.7 cm³/mol. The minimum absolute atomic E-state index is 0.264. The van der Waals surface area contributed by atoms with E-state index in [9.17, 15) is 4.79 Å². The van der Waals surface area contributed by atoms with Crippen LogP contribution in [-0.4, -0.2) is 25.3 Å². The number of rotatable bonds is 5. The van der Waals surface area contributed by atoms with E-state index in [0.717, 1.165) is 12.8 Å². The summed E-state index contributed by atoms with van der Waals surface area (Å²) in [5.74, 6) is 1.07. The van der Waals surface area contributed by atoms with Crippen LogP contribution >= 0.6 is 0 Å². The number of hydrogen-bond donors (Lipinski definition) is 0. The van der Waals surface area contributed by atoms with Gasteiger partial charge in [0.2, 0.25) is 0 Å². The third-order valence-electron chi connectivity index (χ3n) is 3.19. The molecule has 0 aromatic rings. The molecule has 0 saturated heterocycles. The van der Waals surface area contributed by atoms with Gasteiger partial charge in [0.05, 0.1) is 24.9 Å². The van der Waals surface area contributed by atoms with Crippen LogP contribution in [0.3, 0.4) is 0 Å². The van der Waals surface area contributed by atoms with E-state index >= 15 is 0 Å². The fourth-order valence-corrected chi connectivity index (χ4v) is 2.52. The Kier molecular flexibility index (Phi) is 5.69. The molecular weight excluding hydrogens is 216 g/mol. The molecular formula is C14H24O3. The maximum absolute atomic E-state index is 11.3. The van der Waals surface area contributed by atoms with Crippen LogP contribution in [0.25, 0.3) is 0 Å². The molecule has 0 spiro atoms. The van der Waals surface area contributed by atoms with Crippen molar-refractivity contribution in [3.63, 3.8) is 0 Å². The maximum atomic E-state index is 11.3. The van der Waals surface area contributed by atoms with Gasteiger partial charge in [0.1, 0.15) is 0 Å². The van der Waals surface area contributed by atoms with E-state index in [2.05, 4.69) is 20.4 Å². The van der Waals surface area contributed by atoms with E-state index in [1.165, 1.54) is 6.42 Å². The van der Waals surface area contributed by atoms with Crippen LogP contribution in [0.4, 0.5) is 0 Å². The lowest BCUT2D eigenvalue weighted by molar-refractivity contribution is -0.139. The zero-order valence-electron chi connectivity index (χ0n) is 11.2. The van der Waals surface area contributed by atoms with Crippen molar-refractivity contribution in [2.75, 3.05) is 13.2 Å². The number of ether oxygens (including phenoxy) is 2. The number of esters is 1. The molecule has 2 atom stereocenters. The smallest absolute Gasteiger partial charge is 0.335 e. The Morgan fingerprint density at radius 3 is 2.35 bits per heavy atom. The van der Waals surface area contributed by atoms with Crippen LogP contribution in [0.2, 0.25) is 0 Å². The highest BCUT2D eigenvalue weighted by molar-refractivity contribution is 5.87. The van der Waals surface area contributed by atoms with Gasteiger partial charge in [-0.1, -0.05) is 20.4 Å². The molecule has 0 amide bonds. The molecule has 2 unspecified atom stereocenters. The molecule has 1 aliphatic carbocycles. The van der Waals surface area contributed by atoms with Crippen molar-refractivity contribution in [1.82, 2.24) is 0 Å². The summed E-state index contributed by atoms with van der Waals surface area (Å²) in [5.41, 5.74) is 0.415. The second-order valence-electron chi connectivity index (χ2n) is 5.17. The predicted octanol–water partition coefficient (Wildman–Crippen LogP) is 2.95. The Morgan fingerprint density at radius 1 is 1.24 bits per heavy atom. The van der Waals surface area contributed by atoms with Crippen molar-refractivity contribution in [2.45, 2.75) is 46.1 Å². The SMILES string of the molecule is C=C(COC1CC(C)CC(C)C1)C(=O)OCC. The quantitative estimate of drug-likeness (QED) is 0.547. The first-order valence-electron chi connectivity index (χ1n) is 6.49. The topological polar surface area (TPSA) is 35.5 Å². The van der Waals surface area contributed by atoms with Crippen LogP contribution in [-0.2, 0) is 14.3 Å². The molecule has 0 aromatic heterocycles. The monoisotopic (exact) mass is 240 g/mol. The molecule has 0 aromatic carbocycles. The number of carbonyl (C=O) groups is 1. The second kappa shape index (κ2) is 6.80. The highest BCUT2D eigenvalue weighted by atomic mass is 16.5. The molecule has 1 rings (SSSR count). The standard InChI is InChI=1S/C14H24O3/c1-5-16-14(15)12(4)9-17-13-7-10(2)6-11(3)8-13/h10-11,13H,4-9H2,1-3H3. The first-order valence-corrected chi connectivity index (χ1v) is 6.49. The third-order valence-corrected chi connectivity index (χ3v) is 3.19. The molecule has 0 aliphatic heterocycles. The summed E-state index contributed by atoms with van der Waals surface area (Å²) in [7, 11) is 0. The Labute approximate surface area is 104 Å². The molecule has 0 bridgehead atoms. The zero-order valence-corrected chi connectivity index (χ0v) is 11.2. The summed E-state index contributed by atoms with van der Waals surface area (Å²) in [6.45, 7) is 10.7. The van der Waals surface area contributed by atoms with Gasteiger partial charge in [-0.3, -0.25) is 0 Å². The zero-order chi connectivity index (χ0) is 12.8. The highest BCUT2D eigenvalue weighted by Crippen LogP contribution is 2.30. The van der Waals surface area contributed by atoms with Crippen LogP contribution in [0.1, 0.15) is 40.0 Å². The summed E-state index contributed by atoms with van der Waals surface area (Å²) in [4.78, 5) is 11.3. The molecule has 1 aliphatic rings. The molecule has 3 heteroatoms. The second-order valence-corrected chi connectivity index (χ2v) is 5.17. The molecule has 0 N–H and O–H groups in total. The van der Waals surface area contributed by atoms with Crippen molar-refractivity contribution in [1.29, 1.82) is 0 Å². The molecule has 1 fully saturated rings. The Balaban J connectivity index is 2.30. The summed E-state index contributed by atoms with van der Waals surface area (Å²) < 4.78 is 10.6. The van der Waals surface area contributed by atoms with E-state index in [0.29, 0.717) is 30.6 Å². The lowest BCUT2D eigenvalue weighted by atomic mass is 9.82. The lowest BCUT2D eigenvalue weighted by Crippen LogP contribution is -2.27. The number of carbonyl (C=O) groups excluding carboxylic acids is 1. The van der Waals surface area contributed by atoms with Gasteiger partial charge < -0.3 is 9.47 Å². The van der Waals surface area contributed by atoms with Crippen LogP contribution in [0.5, 0.6) is 0 Å². The van der Waals surface area contributed by atoms with Crippen molar-refractivity contribution >= 4 is 5.97 Å². The Bertz CT molecular complexity index is 263. The van der Waals surface area contributed by atoms with E-state index in [1.54, 1.807) is 6.92 Å². The van der Waals surface area contributed by atoms with E-state index in [-0.39, 0.29) is 12.1 Å². The molecule has 0 radical (unpaired) electrons. The van der Waals surface area contributed by atoms with Crippen LogP contribution in [0, 0.1) is 11.8 Å². The van der Waals surface area contributed by atoms with Gasteiger partial charge in [-0.15, -0.1) is 0 Å². The maximum Gasteiger partial charge on any atom is 0.335 e.